The molecular formula is C12H22N2O4. The first kappa shape index (κ1) is 14.8. The van der Waals surface area contributed by atoms with Crippen molar-refractivity contribution in [3.05, 3.63) is 0 Å². The molecule has 2 atom stereocenters. The molecule has 0 radical (unpaired) electrons. The second-order valence-corrected chi connectivity index (χ2v) is 4.65. The molecule has 1 aliphatic heterocycles. The number of hydrogen-bond donors (Lipinski definition) is 3. The number of urea groups is 1. The minimum Gasteiger partial charge on any atom is -0.481 e. The predicted molar refractivity (Wildman–Crippen MR) is 66.4 cm³/mol. The molecule has 1 heterocycles. The summed E-state index contributed by atoms with van der Waals surface area (Å²) in [5.74, 6) is -1.15. The maximum Gasteiger partial charge on any atom is 0.314 e. The van der Waals surface area contributed by atoms with E-state index in [1.807, 2.05) is 0 Å². The van der Waals surface area contributed by atoms with Crippen molar-refractivity contribution in [3.63, 3.8) is 0 Å². The van der Waals surface area contributed by atoms with Crippen LogP contribution in [0.25, 0.3) is 0 Å². The van der Waals surface area contributed by atoms with Gasteiger partial charge in [0.25, 0.3) is 0 Å². The lowest BCUT2D eigenvalue weighted by Gasteiger charge is -2.12. The molecule has 1 aliphatic rings. The fourth-order valence-corrected chi connectivity index (χ4v) is 1.81. The number of nitrogens with one attached hydrogen (secondary N) is 2. The largest absolute Gasteiger partial charge is 0.481 e. The Morgan fingerprint density at radius 1 is 1.44 bits per heavy atom. The first-order chi connectivity index (χ1) is 8.59. The predicted octanol–water partition coefficient (Wildman–Crippen LogP) is 0.965. The average molecular weight is 258 g/mol. The van der Waals surface area contributed by atoms with Crippen LogP contribution in [0.15, 0.2) is 0 Å². The number of carboxylic acids is 1. The van der Waals surface area contributed by atoms with E-state index in [0.717, 1.165) is 19.4 Å². The third kappa shape index (κ3) is 5.86. The van der Waals surface area contributed by atoms with Gasteiger partial charge in [0.05, 0.1) is 12.0 Å². The minimum atomic E-state index is -0.794. The zero-order valence-corrected chi connectivity index (χ0v) is 10.8. The third-order valence-corrected chi connectivity index (χ3v) is 3.04. The zero-order chi connectivity index (χ0) is 13.4. The van der Waals surface area contributed by atoms with Crippen molar-refractivity contribution < 1.29 is 19.4 Å². The molecule has 1 rings (SSSR count). The Morgan fingerprint density at radius 3 is 2.83 bits per heavy atom. The van der Waals surface area contributed by atoms with Crippen LogP contribution in [0.2, 0.25) is 0 Å². The number of carbonyl (C=O) groups is 2. The molecule has 0 aromatic rings. The van der Waals surface area contributed by atoms with Crippen LogP contribution in [0, 0.1) is 5.92 Å². The molecule has 18 heavy (non-hydrogen) atoms. The molecule has 0 aromatic heterocycles. The maximum atomic E-state index is 11.4. The molecular weight excluding hydrogens is 236 g/mol. The van der Waals surface area contributed by atoms with Crippen LogP contribution < -0.4 is 10.6 Å². The highest BCUT2D eigenvalue weighted by Gasteiger charge is 2.16. The van der Waals surface area contributed by atoms with Gasteiger partial charge in [-0.1, -0.05) is 6.92 Å². The molecule has 0 aromatic carbocycles. The van der Waals surface area contributed by atoms with E-state index in [1.165, 1.54) is 0 Å². The highest BCUT2D eigenvalue weighted by Crippen LogP contribution is 2.10. The van der Waals surface area contributed by atoms with Crippen LogP contribution in [0.1, 0.15) is 32.6 Å². The van der Waals surface area contributed by atoms with Crippen LogP contribution in [0.5, 0.6) is 0 Å². The number of ether oxygens (including phenoxy) is 1. The lowest BCUT2D eigenvalue weighted by molar-refractivity contribution is -0.141. The third-order valence-electron chi connectivity index (χ3n) is 3.04. The van der Waals surface area contributed by atoms with Gasteiger partial charge < -0.3 is 20.5 Å². The van der Waals surface area contributed by atoms with E-state index in [-0.39, 0.29) is 18.1 Å². The summed E-state index contributed by atoms with van der Waals surface area (Å²) in [5.41, 5.74) is 0. The fraction of sp³-hybridized carbons (Fsp3) is 0.833. The minimum absolute atomic E-state index is 0.141. The quantitative estimate of drug-likeness (QED) is 0.594. The Bertz CT molecular complexity index is 277. The van der Waals surface area contributed by atoms with Gasteiger partial charge in [0.15, 0.2) is 0 Å². The molecule has 2 unspecified atom stereocenters. The van der Waals surface area contributed by atoms with E-state index in [1.54, 1.807) is 6.92 Å². The molecule has 1 fully saturated rings. The van der Waals surface area contributed by atoms with E-state index >= 15 is 0 Å². The number of amides is 2. The van der Waals surface area contributed by atoms with Gasteiger partial charge in [-0.2, -0.15) is 0 Å². The van der Waals surface area contributed by atoms with Crippen LogP contribution >= 0.6 is 0 Å². The summed E-state index contributed by atoms with van der Waals surface area (Å²) in [7, 11) is 0. The standard InChI is InChI=1S/C12H22N2O4/c1-9(11(15)16)4-2-6-13-12(17)14-8-10-5-3-7-18-10/h9-10H,2-8H2,1H3,(H,15,16)(H2,13,14,17). The Balaban J connectivity index is 1.97. The van der Waals surface area contributed by atoms with Gasteiger partial charge >= 0.3 is 12.0 Å². The summed E-state index contributed by atoms with van der Waals surface area (Å²) in [6.07, 6.45) is 3.43. The average Bonchev–Trinajstić information content (AvgIpc) is 2.84. The molecule has 2 amide bonds. The fourth-order valence-electron chi connectivity index (χ4n) is 1.81. The van der Waals surface area contributed by atoms with Gasteiger partial charge in [0, 0.05) is 19.7 Å². The van der Waals surface area contributed by atoms with E-state index in [4.69, 9.17) is 9.84 Å². The summed E-state index contributed by atoms with van der Waals surface area (Å²) >= 11 is 0. The number of carboxylic acid groups (broad SMARTS) is 1. The van der Waals surface area contributed by atoms with Crippen LogP contribution in [-0.4, -0.2) is 42.9 Å². The van der Waals surface area contributed by atoms with E-state index < -0.39 is 5.97 Å². The molecule has 3 N–H and O–H groups in total. The van der Waals surface area contributed by atoms with E-state index in [9.17, 15) is 9.59 Å². The highest BCUT2D eigenvalue weighted by molar-refractivity contribution is 5.73. The Kier molecular flexibility index (Phi) is 6.49. The molecule has 104 valence electrons. The van der Waals surface area contributed by atoms with Gasteiger partial charge in [-0.05, 0) is 25.7 Å². The molecule has 0 spiro atoms. The van der Waals surface area contributed by atoms with E-state index in [2.05, 4.69) is 10.6 Å². The Morgan fingerprint density at radius 2 is 2.22 bits per heavy atom. The molecule has 6 nitrogen and oxygen atoms in total. The van der Waals surface area contributed by atoms with Crippen LogP contribution in [0.3, 0.4) is 0 Å². The van der Waals surface area contributed by atoms with Gasteiger partial charge in [-0.15, -0.1) is 0 Å². The topological polar surface area (TPSA) is 87.7 Å². The molecule has 6 heteroatoms. The van der Waals surface area contributed by atoms with Crippen molar-refractivity contribution in [2.75, 3.05) is 19.7 Å². The lowest BCUT2D eigenvalue weighted by Crippen LogP contribution is -2.40. The SMILES string of the molecule is CC(CCCNC(=O)NCC1CCCO1)C(=O)O. The zero-order valence-electron chi connectivity index (χ0n) is 10.8. The van der Waals surface area contributed by atoms with Gasteiger partial charge in [0.2, 0.25) is 0 Å². The number of aliphatic carboxylic acids is 1. The number of rotatable bonds is 7. The maximum absolute atomic E-state index is 11.4. The summed E-state index contributed by atoms with van der Waals surface area (Å²) < 4.78 is 5.38. The Hall–Kier alpha value is -1.30. The van der Waals surface area contributed by atoms with Crippen molar-refractivity contribution in [2.45, 2.75) is 38.7 Å². The van der Waals surface area contributed by atoms with Gasteiger partial charge in [-0.25, -0.2) is 4.79 Å². The molecule has 0 bridgehead atoms. The van der Waals surface area contributed by atoms with Crippen LogP contribution in [0.4, 0.5) is 4.79 Å². The summed E-state index contributed by atoms with van der Waals surface area (Å²) in [6, 6.07) is -0.214. The lowest BCUT2D eigenvalue weighted by atomic mass is 10.1. The summed E-state index contributed by atoms with van der Waals surface area (Å²) in [4.78, 5) is 21.9. The van der Waals surface area contributed by atoms with Crippen molar-refractivity contribution in [1.82, 2.24) is 10.6 Å². The number of hydrogen-bond acceptors (Lipinski definition) is 3. The number of carbonyl (C=O) groups excluding carboxylic acids is 1. The second-order valence-electron chi connectivity index (χ2n) is 4.65. The normalized spacial score (nSPS) is 20.4. The van der Waals surface area contributed by atoms with Crippen LogP contribution in [-0.2, 0) is 9.53 Å². The van der Waals surface area contributed by atoms with Crippen molar-refractivity contribution in [3.8, 4) is 0 Å². The van der Waals surface area contributed by atoms with Gasteiger partial charge in [-0.3, -0.25) is 4.79 Å². The highest BCUT2D eigenvalue weighted by atomic mass is 16.5. The summed E-state index contributed by atoms with van der Waals surface area (Å²) in [5, 5.41) is 14.1. The first-order valence-electron chi connectivity index (χ1n) is 6.45. The molecule has 0 saturated carbocycles. The first-order valence-corrected chi connectivity index (χ1v) is 6.45. The Labute approximate surface area is 107 Å². The van der Waals surface area contributed by atoms with Crippen molar-refractivity contribution in [2.24, 2.45) is 5.92 Å². The van der Waals surface area contributed by atoms with Gasteiger partial charge in [0.1, 0.15) is 0 Å². The van der Waals surface area contributed by atoms with E-state index in [0.29, 0.717) is 25.9 Å². The second kappa shape index (κ2) is 7.92. The molecule has 1 saturated heterocycles. The van der Waals surface area contributed by atoms with Crippen molar-refractivity contribution in [1.29, 1.82) is 0 Å². The summed E-state index contributed by atoms with van der Waals surface area (Å²) in [6.45, 7) is 3.48. The monoisotopic (exact) mass is 258 g/mol. The molecule has 0 aliphatic carbocycles. The van der Waals surface area contributed by atoms with Crippen molar-refractivity contribution >= 4 is 12.0 Å². The smallest absolute Gasteiger partial charge is 0.314 e.